The highest BCUT2D eigenvalue weighted by molar-refractivity contribution is 5.86. The smallest absolute Gasteiger partial charge is 0.410 e. The molecule has 1 N–H and O–H groups in total. The molecule has 0 bridgehead atoms. The maximum atomic E-state index is 12.9. The standard InChI is InChI=1S/C22H32N2O3/c1-22(2,3)23-20(25)19-13-17-11-7-8-12-18(17)14-24(19)21(26)27-15-16-9-5-4-6-10-16/h4-6,9-10,17-19H,7-8,11-15H2,1-3H3,(H,23,25)/t17-,18+,19-/m0/s1. The average Bonchev–Trinajstić information content (AvgIpc) is 2.64. The first-order valence-electron chi connectivity index (χ1n) is 10.1. The lowest BCUT2D eigenvalue weighted by atomic mass is 9.73. The number of hydrogen-bond donors (Lipinski definition) is 1. The second-order valence-corrected chi connectivity index (χ2v) is 8.99. The summed E-state index contributed by atoms with van der Waals surface area (Å²) in [6.45, 7) is 6.76. The van der Waals surface area contributed by atoms with Crippen LogP contribution >= 0.6 is 0 Å². The highest BCUT2D eigenvalue weighted by Crippen LogP contribution is 2.39. The molecule has 2 amide bonds. The SMILES string of the molecule is CC(C)(C)NC(=O)[C@@H]1C[C@@H]2CCCC[C@@H]2CN1C(=O)OCc1ccccc1. The molecule has 1 aliphatic carbocycles. The summed E-state index contributed by atoms with van der Waals surface area (Å²) in [6, 6.07) is 9.22. The second-order valence-electron chi connectivity index (χ2n) is 8.99. The first-order valence-corrected chi connectivity index (χ1v) is 10.1. The first kappa shape index (κ1) is 19.7. The zero-order chi connectivity index (χ0) is 19.4. The lowest BCUT2D eigenvalue weighted by molar-refractivity contribution is -0.130. The van der Waals surface area contributed by atoms with Crippen LogP contribution in [0.4, 0.5) is 4.79 Å². The van der Waals surface area contributed by atoms with Gasteiger partial charge < -0.3 is 10.1 Å². The van der Waals surface area contributed by atoms with Crippen LogP contribution < -0.4 is 5.32 Å². The molecule has 5 nitrogen and oxygen atoms in total. The second kappa shape index (κ2) is 8.32. The Morgan fingerprint density at radius 3 is 2.44 bits per heavy atom. The third-order valence-electron chi connectivity index (χ3n) is 5.64. The number of likely N-dealkylation sites (tertiary alicyclic amines) is 1. The van der Waals surface area contributed by atoms with Crippen LogP contribution in [0.15, 0.2) is 30.3 Å². The zero-order valence-corrected chi connectivity index (χ0v) is 16.7. The molecule has 1 heterocycles. The topological polar surface area (TPSA) is 58.6 Å². The molecule has 1 aliphatic heterocycles. The quantitative estimate of drug-likeness (QED) is 0.868. The molecule has 0 spiro atoms. The summed E-state index contributed by atoms with van der Waals surface area (Å²) in [4.78, 5) is 27.4. The summed E-state index contributed by atoms with van der Waals surface area (Å²) >= 11 is 0. The van der Waals surface area contributed by atoms with Gasteiger partial charge in [0.05, 0.1) is 0 Å². The van der Waals surface area contributed by atoms with Crippen molar-refractivity contribution in [1.29, 1.82) is 0 Å². The van der Waals surface area contributed by atoms with Crippen LogP contribution in [0.2, 0.25) is 0 Å². The molecule has 3 rings (SSSR count). The molecule has 1 saturated carbocycles. The van der Waals surface area contributed by atoms with Gasteiger partial charge in [-0.05, 0) is 51.0 Å². The van der Waals surface area contributed by atoms with Crippen LogP contribution in [-0.2, 0) is 16.1 Å². The zero-order valence-electron chi connectivity index (χ0n) is 16.7. The average molecular weight is 373 g/mol. The summed E-state index contributed by atoms with van der Waals surface area (Å²) in [5.74, 6) is 0.956. The monoisotopic (exact) mass is 372 g/mol. The van der Waals surface area contributed by atoms with Crippen molar-refractivity contribution in [2.24, 2.45) is 11.8 Å². The highest BCUT2D eigenvalue weighted by atomic mass is 16.6. The Hall–Kier alpha value is -2.04. The van der Waals surface area contributed by atoms with Gasteiger partial charge in [0.2, 0.25) is 5.91 Å². The fourth-order valence-electron chi connectivity index (χ4n) is 4.33. The number of piperidine rings is 1. The van der Waals surface area contributed by atoms with E-state index in [1.54, 1.807) is 4.90 Å². The van der Waals surface area contributed by atoms with Crippen molar-refractivity contribution in [3.8, 4) is 0 Å². The molecule has 1 saturated heterocycles. The number of carbonyl (C=O) groups is 2. The van der Waals surface area contributed by atoms with E-state index in [9.17, 15) is 9.59 Å². The first-order chi connectivity index (χ1) is 12.8. The van der Waals surface area contributed by atoms with E-state index in [0.29, 0.717) is 18.4 Å². The van der Waals surface area contributed by atoms with Crippen LogP contribution in [0.25, 0.3) is 0 Å². The normalized spacial score (nSPS) is 25.4. The Morgan fingerprint density at radius 1 is 1.11 bits per heavy atom. The number of benzene rings is 1. The Kier molecular flexibility index (Phi) is 6.08. The third kappa shape index (κ3) is 5.24. The van der Waals surface area contributed by atoms with Gasteiger partial charge in [-0.15, -0.1) is 0 Å². The van der Waals surface area contributed by atoms with Crippen molar-refractivity contribution in [2.75, 3.05) is 6.54 Å². The number of rotatable bonds is 3. The van der Waals surface area contributed by atoms with Crippen LogP contribution in [-0.4, -0.2) is 35.0 Å². The van der Waals surface area contributed by atoms with Crippen LogP contribution in [0.3, 0.4) is 0 Å². The minimum atomic E-state index is -0.438. The van der Waals surface area contributed by atoms with Crippen molar-refractivity contribution in [1.82, 2.24) is 10.2 Å². The van der Waals surface area contributed by atoms with Gasteiger partial charge in [0.25, 0.3) is 0 Å². The summed E-state index contributed by atoms with van der Waals surface area (Å²) < 4.78 is 5.56. The van der Waals surface area contributed by atoms with Crippen LogP contribution in [0.1, 0.15) is 58.4 Å². The molecule has 27 heavy (non-hydrogen) atoms. The van der Waals surface area contributed by atoms with Gasteiger partial charge >= 0.3 is 6.09 Å². The molecule has 1 aromatic carbocycles. The van der Waals surface area contributed by atoms with E-state index in [2.05, 4.69) is 5.32 Å². The van der Waals surface area contributed by atoms with Gasteiger partial charge in [0, 0.05) is 12.1 Å². The molecule has 2 fully saturated rings. The van der Waals surface area contributed by atoms with E-state index < -0.39 is 6.04 Å². The summed E-state index contributed by atoms with van der Waals surface area (Å²) in [5.41, 5.74) is 0.634. The molecule has 1 aromatic rings. The number of nitrogens with one attached hydrogen (secondary N) is 1. The summed E-state index contributed by atoms with van der Waals surface area (Å²) in [7, 11) is 0. The van der Waals surface area contributed by atoms with Crippen LogP contribution in [0.5, 0.6) is 0 Å². The van der Waals surface area contributed by atoms with Crippen molar-refractivity contribution >= 4 is 12.0 Å². The number of amides is 2. The molecule has 0 radical (unpaired) electrons. The molecule has 3 atom stereocenters. The molecule has 148 valence electrons. The lowest BCUT2D eigenvalue weighted by Gasteiger charge is -2.45. The summed E-state index contributed by atoms with van der Waals surface area (Å²) in [6.07, 6.45) is 5.11. The number of nitrogens with zero attached hydrogens (tertiary/aromatic N) is 1. The Bertz CT molecular complexity index is 653. The van der Waals surface area contributed by atoms with Crippen molar-refractivity contribution in [2.45, 2.75) is 71.1 Å². The number of ether oxygens (including phenoxy) is 1. The van der Waals surface area contributed by atoms with Gasteiger partial charge in [-0.1, -0.05) is 49.6 Å². The Morgan fingerprint density at radius 2 is 1.78 bits per heavy atom. The molecule has 2 aliphatic rings. The van der Waals surface area contributed by atoms with Gasteiger partial charge in [-0.3, -0.25) is 9.69 Å². The van der Waals surface area contributed by atoms with Gasteiger partial charge in [-0.2, -0.15) is 0 Å². The maximum absolute atomic E-state index is 12.9. The molecule has 0 aromatic heterocycles. The van der Waals surface area contributed by atoms with Crippen molar-refractivity contribution < 1.29 is 14.3 Å². The van der Waals surface area contributed by atoms with E-state index in [1.807, 2.05) is 51.1 Å². The van der Waals surface area contributed by atoms with Crippen molar-refractivity contribution in [3.63, 3.8) is 0 Å². The Balaban J connectivity index is 1.71. The fraction of sp³-hybridized carbons (Fsp3) is 0.636. The number of fused-ring (bicyclic) bond motifs is 1. The maximum Gasteiger partial charge on any atom is 0.410 e. The third-order valence-corrected chi connectivity index (χ3v) is 5.64. The molecular weight excluding hydrogens is 340 g/mol. The van der Waals surface area contributed by atoms with Gasteiger partial charge in [-0.25, -0.2) is 4.79 Å². The lowest BCUT2D eigenvalue weighted by Crippen LogP contribution is -2.59. The predicted molar refractivity (Wildman–Crippen MR) is 105 cm³/mol. The van der Waals surface area contributed by atoms with E-state index in [-0.39, 0.29) is 24.1 Å². The van der Waals surface area contributed by atoms with E-state index in [1.165, 1.54) is 12.8 Å². The Labute approximate surface area is 162 Å². The summed E-state index contributed by atoms with van der Waals surface area (Å²) in [5, 5.41) is 3.05. The van der Waals surface area contributed by atoms with Crippen molar-refractivity contribution in [3.05, 3.63) is 35.9 Å². The van der Waals surface area contributed by atoms with Gasteiger partial charge in [0.1, 0.15) is 12.6 Å². The number of carbonyl (C=O) groups excluding carboxylic acids is 2. The molecule has 5 heteroatoms. The van der Waals surface area contributed by atoms with Crippen LogP contribution in [0, 0.1) is 11.8 Å². The minimum Gasteiger partial charge on any atom is -0.445 e. The van der Waals surface area contributed by atoms with E-state index in [4.69, 9.17) is 4.74 Å². The number of hydrogen-bond acceptors (Lipinski definition) is 3. The predicted octanol–water partition coefficient (Wildman–Crippen LogP) is 4.12. The minimum absolute atomic E-state index is 0.0665. The van der Waals surface area contributed by atoms with E-state index in [0.717, 1.165) is 24.8 Å². The van der Waals surface area contributed by atoms with E-state index >= 15 is 0 Å². The fourth-order valence-corrected chi connectivity index (χ4v) is 4.33. The molecule has 0 unspecified atom stereocenters. The van der Waals surface area contributed by atoms with Gasteiger partial charge in [0.15, 0.2) is 0 Å². The molecular formula is C22H32N2O3. The highest BCUT2D eigenvalue weighted by Gasteiger charge is 2.43. The largest absolute Gasteiger partial charge is 0.445 e.